The fraction of sp³-hybridized carbons (Fsp3) is 0.476. The summed E-state index contributed by atoms with van der Waals surface area (Å²) < 4.78 is 0. The molecule has 0 heterocycles. The zero-order valence-corrected chi connectivity index (χ0v) is 13.4. The number of hydrogen-bond acceptors (Lipinski definition) is 1. The highest BCUT2D eigenvalue weighted by Crippen LogP contribution is 2.58. The van der Waals surface area contributed by atoms with Crippen LogP contribution in [0.4, 0.5) is 0 Å². The molecule has 3 aliphatic rings. The van der Waals surface area contributed by atoms with Gasteiger partial charge in [-0.1, -0.05) is 55.5 Å². The van der Waals surface area contributed by atoms with Gasteiger partial charge in [0, 0.05) is 5.92 Å². The summed E-state index contributed by atoms with van der Waals surface area (Å²) in [4.78, 5) is 12.8. The van der Waals surface area contributed by atoms with Crippen LogP contribution in [0.2, 0.25) is 0 Å². The largest absolute Gasteiger partial charge is 0.294 e. The molecule has 0 aromatic carbocycles. The van der Waals surface area contributed by atoms with Crippen molar-refractivity contribution in [2.24, 2.45) is 29.6 Å². The standard InChI is InChI=1S/C21H26O/c1-3-5-6-7-8-9-11-18-17(10-4-2)19-15-12-13-16(14-15)20(19)21(18)22/h4-6,8-9,11-13,15-17,19-20H,2-3,7,10,14H2,1H3/b6-5-,9-8+,18-11+/t15-,16+,17-,19+,20+/m0/s1. The van der Waals surface area contributed by atoms with E-state index in [1.165, 1.54) is 6.42 Å². The first kappa shape index (κ1) is 15.3. The number of allylic oxidation sites excluding steroid dienone is 9. The van der Waals surface area contributed by atoms with E-state index in [0.717, 1.165) is 24.8 Å². The Kier molecular flexibility index (Phi) is 4.61. The Labute approximate surface area is 134 Å². The Balaban J connectivity index is 1.77. The van der Waals surface area contributed by atoms with Crippen LogP contribution in [0.15, 0.2) is 60.8 Å². The second-order valence-electron chi connectivity index (χ2n) is 6.71. The molecule has 0 aliphatic heterocycles. The van der Waals surface area contributed by atoms with Gasteiger partial charge in [-0.05, 0) is 54.9 Å². The summed E-state index contributed by atoms with van der Waals surface area (Å²) in [5.41, 5.74) is 1.05. The molecule has 3 rings (SSSR count). The van der Waals surface area contributed by atoms with Gasteiger partial charge in [0.1, 0.15) is 0 Å². The molecule has 1 heteroatoms. The van der Waals surface area contributed by atoms with Gasteiger partial charge in [-0.25, -0.2) is 0 Å². The maximum Gasteiger partial charge on any atom is 0.163 e. The molecule has 0 aromatic heterocycles. The first-order valence-electron chi connectivity index (χ1n) is 8.63. The van der Waals surface area contributed by atoms with Crippen molar-refractivity contribution >= 4 is 5.78 Å². The van der Waals surface area contributed by atoms with Crippen molar-refractivity contribution in [1.29, 1.82) is 0 Å². The van der Waals surface area contributed by atoms with Crippen LogP contribution >= 0.6 is 0 Å². The third-order valence-corrected chi connectivity index (χ3v) is 5.48. The third kappa shape index (κ3) is 2.58. The minimum Gasteiger partial charge on any atom is -0.294 e. The normalized spacial score (nSPS) is 38.0. The van der Waals surface area contributed by atoms with E-state index in [0.29, 0.717) is 29.5 Å². The van der Waals surface area contributed by atoms with Crippen molar-refractivity contribution in [1.82, 2.24) is 0 Å². The van der Waals surface area contributed by atoms with E-state index in [9.17, 15) is 4.79 Å². The van der Waals surface area contributed by atoms with E-state index in [1.807, 2.05) is 6.08 Å². The monoisotopic (exact) mass is 294 g/mol. The molecule has 0 saturated heterocycles. The highest BCUT2D eigenvalue weighted by molar-refractivity contribution is 6.01. The van der Waals surface area contributed by atoms with Crippen LogP contribution in [0.1, 0.15) is 32.6 Å². The number of rotatable bonds is 6. The molecule has 1 nitrogen and oxygen atoms in total. The Morgan fingerprint density at radius 2 is 2.05 bits per heavy atom. The highest BCUT2D eigenvalue weighted by Gasteiger charge is 2.56. The quantitative estimate of drug-likeness (QED) is 0.495. The van der Waals surface area contributed by atoms with E-state index in [4.69, 9.17) is 0 Å². The molecule has 2 saturated carbocycles. The SMILES string of the molecule is C=CC[C@H]1/C(=C\C=C\C/C=C\CC)C(=O)[C@H]2[C@@H]1[C@H]1C=C[C@@H]2C1. The van der Waals surface area contributed by atoms with Gasteiger partial charge in [-0.3, -0.25) is 4.79 Å². The van der Waals surface area contributed by atoms with Crippen LogP contribution < -0.4 is 0 Å². The predicted octanol–water partition coefficient (Wildman–Crippen LogP) is 5.04. The highest BCUT2D eigenvalue weighted by atomic mass is 16.1. The Hall–Kier alpha value is -1.63. The minimum absolute atomic E-state index is 0.250. The van der Waals surface area contributed by atoms with Gasteiger partial charge in [-0.2, -0.15) is 0 Å². The fourth-order valence-corrected chi connectivity index (χ4v) is 4.62. The van der Waals surface area contributed by atoms with Crippen LogP contribution in [-0.2, 0) is 4.79 Å². The lowest BCUT2D eigenvalue weighted by Gasteiger charge is -2.23. The van der Waals surface area contributed by atoms with Crippen molar-refractivity contribution in [2.45, 2.75) is 32.6 Å². The van der Waals surface area contributed by atoms with Crippen molar-refractivity contribution in [3.8, 4) is 0 Å². The zero-order valence-electron chi connectivity index (χ0n) is 13.4. The van der Waals surface area contributed by atoms with Crippen LogP contribution in [0.25, 0.3) is 0 Å². The number of fused-ring (bicyclic) bond motifs is 5. The molecule has 0 unspecified atom stereocenters. The predicted molar refractivity (Wildman–Crippen MR) is 92.3 cm³/mol. The number of carbonyl (C=O) groups is 1. The van der Waals surface area contributed by atoms with Crippen LogP contribution in [0, 0.1) is 29.6 Å². The second-order valence-corrected chi connectivity index (χ2v) is 6.71. The molecule has 22 heavy (non-hydrogen) atoms. The summed E-state index contributed by atoms with van der Waals surface area (Å²) in [6, 6.07) is 0. The molecule has 2 bridgehead atoms. The molecule has 0 radical (unpaired) electrons. The lowest BCUT2D eigenvalue weighted by atomic mass is 9.79. The van der Waals surface area contributed by atoms with Gasteiger partial charge < -0.3 is 0 Å². The topological polar surface area (TPSA) is 17.1 Å². The van der Waals surface area contributed by atoms with Gasteiger partial charge in [0.05, 0.1) is 0 Å². The number of hydrogen-bond donors (Lipinski definition) is 0. The van der Waals surface area contributed by atoms with E-state index in [2.05, 4.69) is 56.0 Å². The summed E-state index contributed by atoms with van der Waals surface area (Å²) in [5.74, 6) is 2.68. The average molecular weight is 294 g/mol. The van der Waals surface area contributed by atoms with Gasteiger partial charge in [0.25, 0.3) is 0 Å². The third-order valence-electron chi connectivity index (χ3n) is 5.48. The molecular formula is C21H26O. The maximum absolute atomic E-state index is 12.8. The van der Waals surface area contributed by atoms with Crippen LogP contribution in [-0.4, -0.2) is 5.78 Å². The summed E-state index contributed by atoms with van der Waals surface area (Å²) in [7, 11) is 0. The maximum atomic E-state index is 12.8. The first-order valence-corrected chi connectivity index (χ1v) is 8.63. The second kappa shape index (κ2) is 6.64. The molecule has 0 aromatic rings. The summed E-state index contributed by atoms with van der Waals surface area (Å²) in [5, 5.41) is 0. The van der Waals surface area contributed by atoms with Crippen molar-refractivity contribution in [3.05, 3.63) is 60.8 Å². The first-order chi connectivity index (χ1) is 10.8. The number of Topliss-reactive ketones (excluding diaryl/α,β-unsaturated/α-hetero) is 1. The van der Waals surface area contributed by atoms with Crippen molar-refractivity contribution < 1.29 is 4.79 Å². The smallest absolute Gasteiger partial charge is 0.163 e. The lowest BCUT2D eigenvalue weighted by Crippen LogP contribution is -2.21. The zero-order chi connectivity index (χ0) is 15.5. The van der Waals surface area contributed by atoms with Gasteiger partial charge in [0.2, 0.25) is 0 Å². The Morgan fingerprint density at radius 3 is 2.82 bits per heavy atom. The van der Waals surface area contributed by atoms with Gasteiger partial charge in [0.15, 0.2) is 5.78 Å². The molecule has 0 N–H and O–H groups in total. The van der Waals surface area contributed by atoms with Gasteiger partial charge in [-0.15, -0.1) is 6.58 Å². The van der Waals surface area contributed by atoms with E-state index >= 15 is 0 Å². The Morgan fingerprint density at radius 1 is 1.23 bits per heavy atom. The minimum atomic E-state index is 0.250. The fourth-order valence-electron chi connectivity index (χ4n) is 4.62. The number of carbonyl (C=O) groups excluding carboxylic acids is 1. The average Bonchev–Trinajstić information content (AvgIpc) is 3.19. The molecule has 2 fully saturated rings. The summed E-state index contributed by atoms with van der Waals surface area (Å²) in [6.45, 7) is 6.05. The number of ketones is 1. The summed E-state index contributed by atoms with van der Waals surface area (Å²) >= 11 is 0. The molecule has 0 spiro atoms. The molecule has 0 amide bonds. The lowest BCUT2D eigenvalue weighted by molar-refractivity contribution is -0.119. The van der Waals surface area contributed by atoms with Crippen LogP contribution in [0.5, 0.6) is 0 Å². The van der Waals surface area contributed by atoms with E-state index < -0.39 is 0 Å². The van der Waals surface area contributed by atoms with Gasteiger partial charge >= 0.3 is 0 Å². The van der Waals surface area contributed by atoms with E-state index in [-0.39, 0.29) is 5.92 Å². The van der Waals surface area contributed by atoms with Crippen LogP contribution in [0.3, 0.4) is 0 Å². The van der Waals surface area contributed by atoms with Crippen molar-refractivity contribution in [3.63, 3.8) is 0 Å². The Bertz CT molecular complexity index is 560. The molecular weight excluding hydrogens is 268 g/mol. The van der Waals surface area contributed by atoms with E-state index in [1.54, 1.807) is 0 Å². The summed E-state index contributed by atoms with van der Waals surface area (Å²) in [6.07, 6.45) is 21.4. The molecule has 3 aliphatic carbocycles. The van der Waals surface area contributed by atoms with Crippen molar-refractivity contribution in [2.75, 3.05) is 0 Å². The molecule has 116 valence electrons. The molecule has 5 atom stereocenters.